The van der Waals surface area contributed by atoms with Gasteiger partial charge in [0.1, 0.15) is 0 Å². The van der Waals surface area contributed by atoms with Crippen LogP contribution < -0.4 is 14.8 Å². The zero-order valence-corrected chi connectivity index (χ0v) is 10.6. The zero-order chi connectivity index (χ0) is 11.1. The van der Waals surface area contributed by atoms with E-state index in [4.69, 9.17) is 9.47 Å². The second-order valence-electron chi connectivity index (χ2n) is 3.10. The molecule has 3 nitrogen and oxygen atoms in total. The number of hydrogen-bond acceptors (Lipinski definition) is 3. The van der Waals surface area contributed by atoms with Crippen molar-refractivity contribution in [3.05, 3.63) is 22.7 Å². The molecular formula is C11H16BrNO2. The summed E-state index contributed by atoms with van der Waals surface area (Å²) in [5, 5.41) is 3.07. The molecule has 1 aromatic rings. The second kappa shape index (κ2) is 6.69. The maximum Gasteiger partial charge on any atom is 0.161 e. The van der Waals surface area contributed by atoms with Crippen LogP contribution in [-0.4, -0.2) is 27.3 Å². The Morgan fingerprint density at radius 3 is 2.80 bits per heavy atom. The van der Waals surface area contributed by atoms with Crippen LogP contribution in [0.3, 0.4) is 0 Å². The van der Waals surface area contributed by atoms with Gasteiger partial charge in [-0.2, -0.15) is 0 Å². The maximum atomic E-state index is 5.60. The van der Waals surface area contributed by atoms with E-state index in [1.807, 2.05) is 25.2 Å². The van der Waals surface area contributed by atoms with Gasteiger partial charge in [-0.3, -0.25) is 0 Å². The van der Waals surface area contributed by atoms with Gasteiger partial charge >= 0.3 is 0 Å². The molecule has 0 heterocycles. The van der Waals surface area contributed by atoms with Crippen molar-refractivity contribution in [1.82, 2.24) is 5.32 Å². The first-order chi connectivity index (χ1) is 7.27. The van der Waals surface area contributed by atoms with Gasteiger partial charge < -0.3 is 14.8 Å². The normalized spacial score (nSPS) is 10.1. The molecule has 0 aliphatic carbocycles. The molecule has 0 amide bonds. The number of ether oxygens (including phenoxy) is 2. The quantitative estimate of drug-likeness (QED) is 0.808. The van der Waals surface area contributed by atoms with E-state index >= 15 is 0 Å². The monoisotopic (exact) mass is 273 g/mol. The van der Waals surface area contributed by atoms with Crippen molar-refractivity contribution in [3.8, 4) is 11.5 Å². The van der Waals surface area contributed by atoms with Gasteiger partial charge in [0.15, 0.2) is 11.5 Å². The van der Waals surface area contributed by atoms with Crippen molar-refractivity contribution in [2.45, 2.75) is 6.42 Å². The fourth-order valence-corrected chi connectivity index (χ4v) is 1.53. The third kappa shape index (κ3) is 4.10. The topological polar surface area (TPSA) is 30.5 Å². The molecule has 4 heteroatoms. The van der Waals surface area contributed by atoms with Gasteiger partial charge in [-0.1, -0.05) is 15.9 Å². The second-order valence-corrected chi connectivity index (χ2v) is 4.02. The Hall–Kier alpha value is -0.740. The number of methoxy groups -OCH3 is 1. The average molecular weight is 274 g/mol. The Kier molecular flexibility index (Phi) is 5.50. The predicted octanol–water partition coefficient (Wildman–Crippen LogP) is 2.45. The van der Waals surface area contributed by atoms with Crippen LogP contribution in [0.4, 0.5) is 0 Å². The molecule has 0 aliphatic rings. The van der Waals surface area contributed by atoms with Crippen molar-refractivity contribution in [1.29, 1.82) is 0 Å². The number of rotatable bonds is 6. The minimum atomic E-state index is 0.693. The lowest BCUT2D eigenvalue weighted by Crippen LogP contribution is -2.11. The van der Waals surface area contributed by atoms with E-state index in [2.05, 4.69) is 21.2 Å². The molecule has 1 rings (SSSR count). The van der Waals surface area contributed by atoms with Gasteiger partial charge in [0.2, 0.25) is 0 Å². The molecule has 1 N–H and O–H groups in total. The van der Waals surface area contributed by atoms with Gasteiger partial charge in [0.25, 0.3) is 0 Å². The van der Waals surface area contributed by atoms with Crippen molar-refractivity contribution in [2.24, 2.45) is 0 Å². The zero-order valence-electron chi connectivity index (χ0n) is 9.05. The molecule has 0 bridgehead atoms. The number of benzene rings is 1. The minimum Gasteiger partial charge on any atom is -0.493 e. The smallest absolute Gasteiger partial charge is 0.161 e. The highest BCUT2D eigenvalue weighted by Crippen LogP contribution is 2.30. The van der Waals surface area contributed by atoms with Crippen molar-refractivity contribution < 1.29 is 9.47 Å². The van der Waals surface area contributed by atoms with Crippen molar-refractivity contribution >= 4 is 15.9 Å². The summed E-state index contributed by atoms with van der Waals surface area (Å²) in [4.78, 5) is 0. The Balaban J connectivity index is 2.52. The molecule has 0 saturated carbocycles. The summed E-state index contributed by atoms with van der Waals surface area (Å²) in [7, 11) is 3.57. The molecule has 0 aliphatic heterocycles. The SMILES string of the molecule is CNCCCOc1ccc(Br)cc1OC. The average Bonchev–Trinajstić information content (AvgIpc) is 2.26. The Morgan fingerprint density at radius 1 is 1.33 bits per heavy atom. The van der Waals surface area contributed by atoms with E-state index in [0.717, 1.165) is 28.9 Å². The molecule has 0 atom stereocenters. The van der Waals surface area contributed by atoms with E-state index in [-0.39, 0.29) is 0 Å². The molecular weight excluding hydrogens is 258 g/mol. The van der Waals surface area contributed by atoms with Gasteiger partial charge in [-0.05, 0) is 38.2 Å². The molecule has 0 saturated heterocycles. The molecule has 0 spiro atoms. The summed E-state index contributed by atoms with van der Waals surface area (Å²) in [6.45, 7) is 1.65. The standard InChI is InChI=1S/C11H16BrNO2/c1-13-6-3-7-15-10-5-4-9(12)8-11(10)14-2/h4-5,8,13H,3,6-7H2,1-2H3. The molecule has 0 fully saturated rings. The Labute approximate surface area is 98.9 Å². The van der Waals surface area contributed by atoms with E-state index < -0.39 is 0 Å². The number of nitrogens with one attached hydrogen (secondary N) is 1. The highest BCUT2D eigenvalue weighted by Gasteiger charge is 2.03. The highest BCUT2D eigenvalue weighted by molar-refractivity contribution is 9.10. The van der Waals surface area contributed by atoms with E-state index in [9.17, 15) is 0 Å². The molecule has 1 aromatic carbocycles. The summed E-state index contributed by atoms with van der Waals surface area (Å²) in [6, 6.07) is 5.74. The van der Waals surface area contributed by atoms with E-state index in [1.165, 1.54) is 0 Å². The van der Waals surface area contributed by atoms with Crippen molar-refractivity contribution in [2.75, 3.05) is 27.3 Å². The summed E-state index contributed by atoms with van der Waals surface area (Å²) in [6.07, 6.45) is 0.982. The third-order valence-corrected chi connectivity index (χ3v) is 2.45. The largest absolute Gasteiger partial charge is 0.493 e. The molecule has 0 radical (unpaired) electrons. The van der Waals surface area contributed by atoms with Crippen LogP contribution in [0, 0.1) is 0 Å². The summed E-state index contributed by atoms with van der Waals surface area (Å²) < 4.78 is 11.8. The highest BCUT2D eigenvalue weighted by atomic mass is 79.9. The number of halogens is 1. The van der Waals surface area contributed by atoms with Gasteiger partial charge in [0.05, 0.1) is 13.7 Å². The Bertz CT molecular complexity index is 305. The van der Waals surface area contributed by atoms with Crippen LogP contribution >= 0.6 is 15.9 Å². The van der Waals surface area contributed by atoms with Crippen LogP contribution in [0.1, 0.15) is 6.42 Å². The summed E-state index contributed by atoms with van der Waals surface area (Å²) in [5.74, 6) is 1.55. The summed E-state index contributed by atoms with van der Waals surface area (Å²) >= 11 is 3.38. The van der Waals surface area contributed by atoms with Crippen LogP contribution in [0.2, 0.25) is 0 Å². The van der Waals surface area contributed by atoms with Crippen LogP contribution in [0.5, 0.6) is 11.5 Å². The first-order valence-corrected chi connectivity index (χ1v) is 5.68. The summed E-state index contributed by atoms with van der Waals surface area (Å²) in [5.41, 5.74) is 0. The minimum absolute atomic E-state index is 0.693. The van der Waals surface area contributed by atoms with Crippen LogP contribution in [-0.2, 0) is 0 Å². The van der Waals surface area contributed by atoms with Crippen LogP contribution in [0.15, 0.2) is 22.7 Å². The van der Waals surface area contributed by atoms with Gasteiger partial charge in [0, 0.05) is 4.47 Å². The molecule has 84 valence electrons. The van der Waals surface area contributed by atoms with Gasteiger partial charge in [-0.25, -0.2) is 0 Å². The lowest BCUT2D eigenvalue weighted by atomic mass is 10.3. The van der Waals surface area contributed by atoms with E-state index in [0.29, 0.717) is 6.61 Å². The third-order valence-electron chi connectivity index (χ3n) is 1.95. The van der Waals surface area contributed by atoms with Crippen LogP contribution in [0.25, 0.3) is 0 Å². The predicted molar refractivity (Wildman–Crippen MR) is 64.7 cm³/mol. The fourth-order valence-electron chi connectivity index (χ4n) is 1.19. The number of hydrogen-bond donors (Lipinski definition) is 1. The molecule has 0 aromatic heterocycles. The lowest BCUT2D eigenvalue weighted by Gasteiger charge is -2.10. The van der Waals surface area contributed by atoms with Gasteiger partial charge in [-0.15, -0.1) is 0 Å². The molecule has 0 unspecified atom stereocenters. The fraction of sp³-hybridized carbons (Fsp3) is 0.455. The van der Waals surface area contributed by atoms with E-state index in [1.54, 1.807) is 7.11 Å². The lowest BCUT2D eigenvalue weighted by molar-refractivity contribution is 0.288. The molecule has 15 heavy (non-hydrogen) atoms. The maximum absolute atomic E-state index is 5.60. The first-order valence-electron chi connectivity index (χ1n) is 4.89. The van der Waals surface area contributed by atoms with Crippen molar-refractivity contribution in [3.63, 3.8) is 0 Å². The Morgan fingerprint density at radius 2 is 2.13 bits per heavy atom. The first kappa shape index (κ1) is 12.3.